The van der Waals surface area contributed by atoms with E-state index in [0.29, 0.717) is 21.3 Å². The Bertz CT molecular complexity index is 654. The van der Waals surface area contributed by atoms with Crippen LogP contribution in [0.15, 0.2) is 46.9 Å². The summed E-state index contributed by atoms with van der Waals surface area (Å²) in [6.07, 6.45) is -0.192. The molecule has 1 aliphatic rings. The number of ether oxygens (including phenoxy) is 1. The van der Waals surface area contributed by atoms with Crippen molar-refractivity contribution < 1.29 is 13.9 Å². The van der Waals surface area contributed by atoms with Crippen LogP contribution in [0, 0.1) is 5.82 Å². The number of para-hydroxylation sites is 1. The number of benzene rings is 2. The SMILES string of the molecule is O=C1CC(c2ccc(Br)c(F)c2)Oc2ccccc21. The molecule has 3 rings (SSSR count). The van der Waals surface area contributed by atoms with Crippen molar-refractivity contribution in [1.29, 1.82) is 0 Å². The molecule has 0 bridgehead atoms. The van der Waals surface area contributed by atoms with Gasteiger partial charge in [0.25, 0.3) is 0 Å². The summed E-state index contributed by atoms with van der Waals surface area (Å²) in [6, 6.07) is 11.9. The summed E-state index contributed by atoms with van der Waals surface area (Å²) in [4.78, 5) is 12.0. The second kappa shape index (κ2) is 4.78. The zero-order valence-electron chi connectivity index (χ0n) is 9.90. The van der Waals surface area contributed by atoms with E-state index in [2.05, 4.69) is 15.9 Å². The van der Waals surface area contributed by atoms with E-state index >= 15 is 0 Å². The average Bonchev–Trinajstić information content (AvgIpc) is 2.42. The fourth-order valence-electron chi connectivity index (χ4n) is 2.17. The molecule has 0 spiro atoms. The lowest BCUT2D eigenvalue weighted by molar-refractivity contribution is 0.0849. The maximum Gasteiger partial charge on any atom is 0.170 e. The van der Waals surface area contributed by atoms with Gasteiger partial charge in [-0.3, -0.25) is 4.79 Å². The molecule has 0 saturated heterocycles. The van der Waals surface area contributed by atoms with E-state index in [1.165, 1.54) is 6.07 Å². The Balaban J connectivity index is 1.96. The summed E-state index contributed by atoms with van der Waals surface area (Å²) in [6.45, 7) is 0. The first-order valence-corrected chi connectivity index (χ1v) is 6.68. The maximum atomic E-state index is 13.5. The molecule has 0 aliphatic carbocycles. The largest absolute Gasteiger partial charge is 0.484 e. The van der Waals surface area contributed by atoms with Gasteiger partial charge in [0.15, 0.2) is 5.78 Å². The van der Waals surface area contributed by atoms with Gasteiger partial charge in [-0.2, -0.15) is 0 Å². The maximum absolute atomic E-state index is 13.5. The van der Waals surface area contributed by atoms with E-state index < -0.39 is 6.10 Å². The summed E-state index contributed by atoms with van der Waals surface area (Å²) in [5.41, 5.74) is 1.26. The third-order valence-electron chi connectivity index (χ3n) is 3.14. The molecule has 0 radical (unpaired) electrons. The topological polar surface area (TPSA) is 26.3 Å². The van der Waals surface area contributed by atoms with Crippen molar-refractivity contribution in [3.05, 3.63) is 63.9 Å². The molecule has 2 nitrogen and oxygen atoms in total. The molecule has 0 aromatic heterocycles. The average molecular weight is 321 g/mol. The number of hydrogen-bond acceptors (Lipinski definition) is 2. The number of halogens is 2. The van der Waals surface area contributed by atoms with Gasteiger partial charge in [0.05, 0.1) is 16.5 Å². The number of Topliss-reactive ketones (excluding diaryl/α,β-unsaturated/α-hetero) is 1. The number of ketones is 1. The van der Waals surface area contributed by atoms with Crippen LogP contribution in [-0.4, -0.2) is 5.78 Å². The normalized spacial score (nSPS) is 17.8. The summed E-state index contributed by atoms with van der Waals surface area (Å²) >= 11 is 3.11. The molecule has 1 heterocycles. The minimum absolute atomic E-state index is 0.0233. The number of rotatable bonds is 1. The van der Waals surface area contributed by atoms with E-state index in [9.17, 15) is 9.18 Å². The van der Waals surface area contributed by atoms with Crippen LogP contribution in [0.2, 0.25) is 0 Å². The number of carbonyl (C=O) groups is 1. The third kappa shape index (κ3) is 2.28. The quantitative estimate of drug-likeness (QED) is 0.783. The van der Waals surface area contributed by atoms with Gasteiger partial charge in [0.2, 0.25) is 0 Å². The molecule has 1 atom stereocenters. The van der Waals surface area contributed by atoms with E-state index in [1.807, 2.05) is 6.07 Å². The zero-order valence-corrected chi connectivity index (χ0v) is 11.5. The van der Waals surface area contributed by atoms with Crippen molar-refractivity contribution in [2.45, 2.75) is 12.5 Å². The minimum Gasteiger partial charge on any atom is -0.484 e. The molecular weight excluding hydrogens is 311 g/mol. The standard InChI is InChI=1S/C15H10BrFO2/c16-11-6-5-9(7-12(11)17)15-8-13(18)10-3-1-2-4-14(10)19-15/h1-7,15H,8H2. The van der Waals surface area contributed by atoms with Gasteiger partial charge in [-0.15, -0.1) is 0 Å². The molecule has 0 saturated carbocycles. The highest BCUT2D eigenvalue weighted by molar-refractivity contribution is 9.10. The first-order chi connectivity index (χ1) is 9.15. The summed E-state index contributed by atoms with van der Waals surface area (Å²) in [7, 11) is 0. The van der Waals surface area contributed by atoms with Crippen molar-refractivity contribution in [3.63, 3.8) is 0 Å². The van der Waals surface area contributed by atoms with Crippen LogP contribution in [0.3, 0.4) is 0 Å². The second-order valence-electron chi connectivity index (χ2n) is 4.40. The van der Waals surface area contributed by atoms with Gasteiger partial charge in [-0.25, -0.2) is 4.39 Å². The molecule has 96 valence electrons. The first-order valence-electron chi connectivity index (χ1n) is 5.89. The molecule has 1 unspecified atom stereocenters. The fraction of sp³-hybridized carbons (Fsp3) is 0.133. The van der Waals surface area contributed by atoms with Crippen LogP contribution in [0.1, 0.15) is 28.4 Å². The molecule has 19 heavy (non-hydrogen) atoms. The van der Waals surface area contributed by atoms with Gasteiger partial charge in [-0.1, -0.05) is 18.2 Å². The summed E-state index contributed by atoms with van der Waals surface area (Å²) in [5, 5.41) is 0. The molecule has 0 amide bonds. The van der Waals surface area contributed by atoms with Gasteiger partial charge >= 0.3 is 0 Å². The van der Waals surface area contributed by atoms with Gasteiger partial charge in [-0.05, 0) is 45.8 Å². The van der Waals surface area contributed by atoms with Crippen molar-refractivity contribution in [3.8, 4) is 5.75 Å². The number of carbonyl (C=O) groups excluding carboxylic acids is 1. The van der Waals surface area contributed by atoms with Crippen molar-refractivity contribution in [2.75, 3.05) is 0 Å². The Labute approximate surface area is 118 Å². The summed E-state index contributed by atoms with van der Waals surface area (Å²) in [5.74, 6) is 0.231. The van der Waals surface area contributed by atoms with E-state index in [4.69, 9.17) is 4.74 Å². The monoisotopic (exact) mass is 320 g/mol. The predicted octanol–water partition coefficient (Wildman–Crippen LogP) is 4.29. The zero-order chi connectivity index (χ0) is 13.4. The van der Waals surface area contributed by atoms with E-state index in [-0.39, 0.29) is 18.0 Å². The molecular formula is C15H10BrFO2. The van der Waals surface area contributed by atoms with Crippen LogP contribution < -0.4 is 4.74 Å². The Morgan fingerprint density at radius 1 is 1.21 bits per heavy atom. The molecule has 2 aromatic carbocycles. The highest BCUT2D eigenvalue weighted by Gasteiger charge is 2.27. The molecule has 4 heteroatoms. The minimum atomic E-state index is -0.426. The highest BCUT2D eigenvalue weighted by atomic mass is 79.9. The van der Waals surface area contributed by atoms with E-state index in [0.717, 1.165) is 0 Å². The Hall–Kier alpha value is -1.68. The van der Waals surface area contributed by atoms with Crippen molar-refractivity contribution in [1.82, 2.24) is 0 Å². The predicted molar refractivity (Wildman–Crippen MR) is 72.9 cm³/mol. The van der Waals surface area contributed by atoms with Gasteiger partial charge in [0, 0.05) is 0 Å². The first kappa shape index (κ1) is 12.4. The molecule has 0 fully saturated rings. The lowest BCUT2D eigenvalue weighted by Gasteiger charge is -2.25. The number of fused-ring (bicyclic) bond motifs is 1. The van der Waals surface area contributed by atoms with Gasteiger partial charge in [0.1, 0.15) is 17.7 Å². The Morgan fingerprint density at radius 3 is 2.79 bits per heavy atom. The van der Waals surface area contributed by atoms with Gasteiger partial charge < -0.3 is 4.74 Å². The van der Waals surface area contributed by atoms with Crippen LogP contribution in [0.5, 0.6) is 5.75 Å². The Morgan fingerprint density at radius 2 is 2.00 bits per heavy atom. The molecule has 2 aromatic rings. The smallest absolute Gasteiger partial charge is 0.170 e. The van der Waals surface area contributed by atoms with Crippen molar-refractivity contribution in [2.24, 2.45) is 0 Å². The van der Waals surface area contributed by atoms with Crippen LogP contribution in [0.4, 0.5) is 4.39 Å². The summed E-state index contributed by atoms with van der Waals surface area (Å²) < 4.78 is 19.7. The van der Waals surface area contributed by atoms with E-state index in [1.54, 1.807) is 30.3 Å². The lowest BCUT2D eigenvalue weighted by atomic mass is 9.96. The lowest BCUT2D eigenvalue weighted by Crippen LogP contribution is -2.20. The second-order valence-corrected chi connectivity index (χ2v) is 5.26. The van der Waals surface area contributed by atoms with Crippen LogP contribution in [-0.2, 0) is 0 Å². The third-order valence-corrected chi connectivity index (χ3v) is 3.79. The molecule has 0 N–H and O–H groups in total. The fourth-order valence-corrected chi connectivity index (χ4v) is 2.42. The van der Waals surface area contributed by atoms with Crippen LogP contribution >= 0.6 is 15.9 Å². The highest BCUT2D eigenvalue weighted by Crippen LogP contribution is 2.35. The molecule has 1 aliphatic heterocycles. The Kier molecular flexibility index (Phi) is 3.11. The van der Waals surface area contributed by atoms with Crippen molar-refractivity contribution >= 4 is 21.7 Å². The van der Waals surface area contributed by atoms with Crippen LogP contribution in [0.25, 0.3) is 0 Å². The number of hydrogen-bond donors (Lipinski definition) is 0.